The second-order valence-electron chi connectivity index (χ2n) is 8.69. The molecule has 36 heavy (non-hydrogen) atoms. The average molecular weight is 482 g/mol. The maximum absolute atomic E-state index is 12.8. The number of ether oxygens (including phenoxy) is 1. The van der Waals surface area contributed by atoms with Gasteiger partial charge in [-0.15, -0.1) is 0 Å². The highest BCUT2D eigenvalue weighted by Gasteiger charge is 2.18. The Hall–Kier alpha value is -4.53. The Morgan fingerprint density at radius 3 is 2.61 bits per heavy atom. The van der Waals surface area contributed by atoms with E-state index >= 15 is 0 Å². The largest absolute Gasteiger partial charge is 0.497 e. The number of carbonyl (C=O) groups is 1. The molecule has 0 radical (unpaired) electrons. The van der Waals surface area contributed by atoms with E-state index in [1.54, 1.807) is 18.0 Å². The summed E-state index contributed by atoms with van der Waals surface area (Å²) < 4.78 is 8.64. The summed E-state index contributed by atoms with van der Waals surface area (Å²) in [5.41, 5.74) is 5.74. The summed E-state index contributed by atoms with van der Waals surface area (Å²) in [5, 5.41) is 12.9. The fourth-order valence-corrected chi connectivity index (χ4v) is 4.15. The summed E-state index contributed by atoms with van der Waals surface area (Å²) in [6.07, 6.45) is 4.18. The van der Waals surface area contributed by atoms with E-state index in [9.17, 15) is 4.79 Å². The quantitative estimate of drug-likeness (QED) is 0.367. The summed E-state index contributed by atoms with van der Waals surface area (Å²) in [4.78, 5) is 21.8. The minimum absolute atomic E-state index is 0.108. The van der Waals surface area contributed by atoms with Crippen LogP contribution in [0.25, 0.3) is 22.5 Å². The molecule has 0 bridgehead atoms. The molecule has 9 nitrogen and oxygen atoms in total. The number of aryl methyl sites for hydroxylation is 3. The molecule has 0 aliphatic carbocycles. The number of nitrogens with one attached hydrogen (secondary N) is 1. The second kappa shape index (κ2) is 9.61. The van der Waals surface area contributed by atoms with Gasteiger partial charge in [-0.05, 0) is 62.1 Å². The van der Waals surface area contributed by atoms with E-state index in [1.807, 2.05) is 54.1 Å². The molecular weight excluding hydrogens is 454 g/mol. The first kappa shape index (κ1) is 23.2. The van der Waals surface area contributed by atoms with Crippen molar-refractivity contribution in [3.8, 4) is 17.3 Å². The highest BCUT2D eigenvalue weighted by molar-refractivity contribution is 5.91. The van der Waals surface area contributed by atoms with Gasteiger partial charge in [0.2, 0.25) is 5.91 Å². The van der Waals surface area contributed by atoms with E-state index < -0.39 is 0 Å². The number of fused-ring (bicyclic) bond motifs is 1. The minimum atomic E-state index is -0.108. The van der Waals surface area contributed by atoms with E-state index in [0.717, 1.165) is 33.6 Å². The fourth-order valence-electron chi connectivity index (χ4n) is 4.15. The molecule has 0 spiro atoms. The maximum atomic E-state index is 12.8. The standard InChI is InChI=1S/C27H27N7O2/c1-17-6-5-7-23(19(17)3)33-26-22(15-30-33)27(29-16-28-26)34-24(14-18(2)32-34)31-25(35)13-10-20-8-11-21(36-4)12-9-20/h5-9,11-12,14-16H,10,13H2,1-4H3,(H,31,35). The zero-order valence-corrected chi connectivity index (χ0v) is 20.7. The first-order valence-corrected chi connectivity index (χ1v) is 11.7. The zero-order valence-electron chi connectivity index (χ0n) is 20.7. The number of rotatable bonds is 7. The van der Waals surface area contributed by atoms with Crippen LogP contribution in [0.5, 0.6) is 5.75 Å². The van der Waals surface area contributed by atoms with Crippen LogP contribution < -0.4 is 10.1 Å². The minimum Gasteiger partial charge on any atom is -0.497 e. The first-order valence-electron chi connectivity index (χ1n) is 11.7. The Labute approximate surface area is 208 Å². The van der Waals surface area contributed by atoms with Crippen LogP contribution in [0.4, 0.5) is 5.82 Å². The number of benzene rings is 2. The summed E-state index contributed by atoms with van der Waals surface area (Å²) in [5.74, 6) is 1.78. The van der Waals surface area contributed by atoms with Crippen LogP contribution in [-0.4, -0.2) is 42.5 Å². The molecule has 5 rings (SSSR count). The van der Waals surface area contributed by atoms with Crippen LogP contribution in [0.15, 0.2) is 61.1 Å². The Morgan fingerprint density at radius 2 is 1.83 bits per heavy atom. The molecule has 0 saturated heterocycles. The Morgan fingerprint density at radius 1 is 1.03 bits per heavy atom. The van der Waals surface area contributed by atoms with Gasteiger partial charge in [0.15, 0.2) is 11.5 Å². The van der Waals surface area contributed by atoms with Crippen LogP contribution in [0, 0.1) is 20.8 Å². The van der Waals surface area contributed by atoms with Gasteiger partial charge < -0.3 is 10.1 Å². The molecule has 0 atom stereocenters. The van der Waals surface area contributed by atoms with Crippen LogP contribution in [0.2, 0.25) is 0 Å². The van der Waals surface area contributed by atoms with Gasteiger partial charge in [0.1, 0.15) is 17.9 Å². The van der Waals surface area contributed by atoms with Crippen LogP contribution in [-0.2, 0) is 11.2 Å². The Bertz CT molecular complexity index is 1550. The SMILES string of the molecule is COc1ccc(CCC(=O)Nc2cc(C)nn2-c2ncnc3c2cnn3-c2cccc(C)c2C)cc1. The van der Waals surface area contributed by atoms with Gasteiger partial charge >= 0.3 is 0 Å². The topological polar surface area (TPSA) is 99.8 Å². The van der Waals surface area contributed by atoms with Gasteiger partial charge in [0.05, 0.1) is 30.1 Å². The molecule has 0 unspecified atom stereocenters. The number of carbonyl (C=O) groups excluding carboxylic acids is 1. The predicted molar refractivity (Wildman–Crippen MR) is 138 cm³/mol. The van der Waals surface area contributed by atoms with Crippen molar-refractivity contribution in [2.24, 2.45) is 0 Å². The molecule has 182 valence electrons. The van der Waals surface area contributed by atoms with Crippen molar-refractivity contribution in [3.63, 3.8) is 0 Å². The van der Waals surface area contributed by atoms with Gasteiger partial charge in [0, 0.05) is 12.5 Å². The van der Waals surface area contributed by atoms with Gasteiger partial charge in [-0.3, -0.25) is 4.79 Å². The van der Waals surface area contributed by atoms with Gasteiger partial charge in [-0.2, -0.15) is 14.9 Å². The average Bonchev–Trinajstić information content (AvgIpc) is 3.48. The molecular formula is C27H27N7O2. The van der Waals surface area contributed by atoms with E-state index in [2.05, 4.69) is 45.4 Å². The predicted octanol–water partition coefficient (Wildman–Crippen LogP) is 4.51. The Balaban J connectivity index is 1.42. The van der Waals surface area contributed by atoms with E-state index in [4.69, 9.17) is 4.74 Å². The van der Waals surface area contributed by atoms with Gasteiger partial charge in [-0.1, -0.05) is 24.3 Å². The molecule has 2 aromatic carbocycles. The van der Waals surface area contributed by atoms with Crippen molar-refractivity contribution < 1.29 is 9.53 Å². The van der Waals surface area contributed by atoms with E-state index in [0.29, 0.717) is 30.1 Å². The summed E-state index contributed by atoms with van der Waals surface area (Å²) in [6, 6.07) is 15.6. The number of anilines is 1. The monoisotopic (exact) mass is 481 g/mol. The lowest BCUT2D eigenvalue weighted by molar-refractivity contribution is -0.116. The summed E-state index contributed by atoms with van der Waals surface area (Å²) in [6.45, 7) is 6.01. The third-order valence-corrected chi connectivity index (χ3v) is 6.25. The van der Waals surface area contributed by atoms with Gasteiger partial charge in [0.25, 0.3) is 0 Å². The van der Waals surface area contributed by atoms with Gasteiger partial charge in [-0.25, -0.2) is 14.6 Å². The lowest BCUT2D eigenvalue weighted by Crippen LogP contribution is -2.16. The number of hydrogen-bond acceptors (Lipinski definition) is 6. The third-order valence-electron chi connectivity index (χ3n) is 6.25. The molecule has 0 fully saturated rings. The highest BCUT2D eigenvalue weighted by atomic mass is 16.5. The normalized spacial score (nSPS) is 11.1. The lowest BCUT2D eigenvalue weighted by atomic mass is 10.1. The van der Waals surface area contributed by atoms with Crippen molar-refractivity contribution in [1.82, 2.24) is 29.5 Å². The number of amides is 1. The van der Waals surface area contributed by atoms with E-state index in [-0.39, 0.29) is 5.91 Å². The fraction of sp³-hybridized carbons (Fsp3) is 0.222. The summed E-state index contributed by atoms with van der Waals surface area (Å²) in [7, 11) is 1.63. The van der Waals surface area contributed by atoms with Crippen molar-refractivity contribution in [2.75, 3.05) is 12.4 Å². The number of aromatic nitrogens is 6. The molecule has 0 aliphatic heterocycles. The zero-order chi connectivity index (χ0) is 25.2. The number of nitrogens with zero attached hydrogens (tertiary/aromatic N) is 6. The van der Waals surface area contributed by atoms with E-state index in [1.165, 1.54) is 11.9 Å². The molecule has 0 aliphatic rings. The molecule has 5 aromatic rings. The lowest BCUT2D eigenvalue weighted by Gasteiger charge is -2.11. The number of hydrogen-bond donors (Lipinski definition) is 1. The molecule has 9 heteroatoms. The first-order chi connectivity index (χ1) is 17.4. The third kappa shape index (κ3) is 4.43. The molecule has 1 amide bonds. The molecule has 3 aromatic heterocycles. The van der Waals surface area contributed by atoms with Crippen LogP contribution in [0.1, 0.15) is 28.8 Å². The molecule has 1 N–H and O–H groups in total. The Kier molecular flexibility index (Phi) is 6.20. The maximum Gasteiger partial charge on any atom is 0.225 e. The van der Waals surface area contributed by atoms with Crippen molar-refractivity contribution in [3.05, 3.63) is 83.4 Å². The highest BCUT2D eigenvalue weighted by Crippen LogP contribution is 2.26. The number of methoxy groups -OCH3 is 1. The smallest absolute Gasteiger partial charge is 0.225 e. The van der Waals surface area contributed by atoms with Crippen LogP contribution in [0.3, 0.4) is 0 Å². The molecule has 0 saturated carbocycles. The second-order valence-corrected chi connectivity index (χ2v) is 8.69. The van der Waals surface area contributed by atoms with Crippen molar-refractivity contribution in [2.45, 2.75) is 33.6 Å². The van der Waals surface area contributed by atoms with Crippen LogP contribution >= 0.6 is 0 Å². The van der Waals surface area contributed by atoms with Crippen molar-refractivity contribution in [1.29, 1.82) is 0 Å². The molecule has 3 heterocycles. The van der Waals surface area contributed by atoms with Crippen molar-refractivity contribution >= 4 is 22.8 Å². The summed E-state index contributed by atoms with van der Waals surface area (Å²) >= 11 is 0.